The van der Waals surface area contributed by atoms with Crippen molar-refractivity contribution in [3.05, 3.63) is 113 Å². The molecule has 0 fully saturated rings. The highest BCUT2D eigenvalue weighted by molar-refractivity contribution is 6.05. The van der Waals surface area contributed by atoms with E-state index in [2.05, 4.69) is 21.9 Å². The fourth-order valence-electron chi connectivity index (χ4n) is 4.12. The summed E-state index contributed by atoms with van der Waals surface area (Å²) in [5.41, 5.74) is 9.86. The molecule has 1 aliphatic rings. The minimum absolute atomic E-state index is 0.0534. The van der Waals surface area contributed by atoms with Gasteiger partial charge in [-0.2, -0.15) is 0 Å². The topological polar surface area (TPSA) is 129 Å². The van der Waals surface area contributed by atoms with Crippen molar-refractivity contribution in [1.29, 1.82) is 0 Å². The summed E-state index contributed by atoms with van der Waals surface area (Å²) in [6.45, 7) is 4.32. The first-order valence-electron chi connectivity index (χ1n) is 11.8. The van der Waals surface area contributed by atoms with E-state index in [0.29, 0.717) is 41.3 Å². The molecular formula is C28H27N5O4. The summed E-state index contributed by atoms with van der Waals surface area (Å²) >= 11 is 0. The van der Waals surface area contributed by atoms with E-state index in [1.807, 2.05) is 18.2 Å². The molecule has 0 bridgehead atoms. The molecular weight excluding hydrogens is 470 g/mol. The van der Waals surface area contributed by atoms with Gasteiger partial charge in [0.25, 0.3) is 5.91 Å². The number of para-hydroxylation sites is 1. The zero-order valence-electron chi connectivity index (χ0n) is 20.2. The monoisotopic (exact) mass is 497 g/mol. The van der Waals surface area contributed by atoms with Gasteiger partial charge in [0.1, 0.15) is 5.75 Å². The molecule has 3 aromatic carbocycles. The van der Waals surface area contributed by atoms with Crippen LogP contribution in [0, 0.1) is 0 Å². The molecule has 0 saturated carbocycles. The maximum atomic E-state index is 13.9. The van der Waals surface area contributed by atoms with Crippen LogP contribution in [0.25, 0.3) is 10.4 Å². The molecule has 2 N–H and O–H groups in total. The van der Waals surface area contributed by atoms with E-state index < -0.39 is 11.6 Å². The summed E-state index contributed by atoms with van der Waals surface area (Å²) in [5, 5.41) is 15.7. The normalized spacial score (nSPS) is 18.2. The van der Waals surface area contributed by atoms with Gasteiger partial charge in [0.15, 0.2) is 11.6 Å². The van der Waals surface area contributed by atoms with Gasteiger partial charge in [0.2, 0.25) is 5.90 Å². The van der Waals surface area contributed by atoms with E-state index in [1.165, 1.54) is 0 Å². The summed E-state index contributed by atoms with van der Waals surface area (Å²) in [5.74, 6) is 0.534. The van der Waals surface area contributed by atoms with Crippen LogP contribution in [-0.2, 0) is 9.53 Å². The summed E-state index contributed by atoms with van der Waals surface area (Å²) in [6.07, 6.45) is 1.45. The third-order valence-corrected chi connectivity index (χ3v) is 5.89. The average Bonchev–Trinajstić information content (AvgIpc) is 3.31. The number of carbonyl (C=O) groups is 1. The molecule has 1 heterocycles. The molecule has 0 saturated heterocycles. The Morgan fingerprint density at radius 2 is 1.89 bits per heavy atom. The summed E-state index contributed by atoms with van der Waals surface area (Å²) in [7, 11) is 0. The minimum atomic E-state index is -1.41. The van der Waals surface area contributed by atoms with Gasteiger partial charge in [-0.05, 0) is 41.9 Å². The van der Waals surface area contributed by atoms with Crippen molar-refractivity contribution in [3.8, 4) is 5.75 Å². The third-order valence-electron chi connectivity index (χ3n) is 5.89. The Morgan fingerprint density at radius 3 is 2.59 bits per heavy atom. The number of hydrogen-bond donors (Lipinski definition) is 2. The molecule has 0 spiro atoms. The number of anilines is 1. The largest absolute Gasteiger partial charge is 0.494 e. The molecule has 0 unspecified atom stereocenters. The first kappa shape index (κ1) is 25.5. The predicted molar refractivity (Wildman–Crippen MR) is 142 cm³/mol. The molecule has 2 atom stereocenters. The van der Waals surface area contributed by atoms with E-state index in [4.69, 9.17) is 25.1 Å². The molecule has 0 aromatic heterocycles. The average molecular weight is 498 g/mol. The van der Waals surface area contributed by atoms with Gasteiger partial charge < -0.3 is 19.9 Å². The molecule has 9 heteroatoms. The second kappa shape index (κ2) is 11.9. The second-order valence-electron chi connectivity index (χ2n) is 8.35. The summed E-state index contributed by atoms with van der Waals surface area (Å²) < 4.78 is 12.0. The van der Waals surface area contributed by atoms with Crippen LogP contribution in [0.15, 0.2) is 102 Å². The van der Waals surface area contributed by atoms with E-state index in [-0.39, 0.29) is 24.8 Å². The number of benzene rings is 3. The number of azide groups is 1. The van der Waals surface area contributed by atoms with Gasteiger partial charge in [-0.1, -0.05) is 53.7 Å². The van der Waals surface area contributed by atoms with Gasteiger partial charge in [-0.25, -0.2) is 4.99 Å². The number of nitrogens with one attached hydrogen (secondary N) is 1. The van der Waals surface area contributed by atoms with Crippen molar-refractivity contribution in [3.63, 3.8) is 0 Å². The number of aliphatic hydroxyl groups is 1. The van der Waals surface area contributed by atoms with Crippen molar-refractivity contribution in [2.75, 3.05) is 18.5 Å². The number of nitrogens with zero attached hydrogens (tertiary/aromatic N) is 4. The van der Waals surface area contributed by atoms with Crippen LogP contribution in [0.3, 0.4) is 0 Å². The first-order valence-corrected chi connectivity index (χ1v) is 11.8. The van der Waals surface area contributed by atoms with Crippen LogP contribution < -0.4 is 10.1 Å². The molecule has 1 amide bonds. The maximum Gasteiger partial charge on any atom is 0.257 e. The SMILES string of the molecule is C=CC[C@@]1(C(=O)Nc2ccccc2)N=C(c2ccc(OCCCO)cc2)O[C@@H]1c1ccccc1N=[N+]=[N-]. The number of aliphatic hydroxyl groups excluding tert-OH is 1. The van der Waals surface area contributed by atoms with Crippen LogP contribution in [0.1, 0.15) is 30.1 Å². The Bertz CT molecular complexity index is 1320. The Labute approximate surface area is 214 Å². The Morgan fingerprint density at radius 1 is 1.16 bits per heavy atom. The number of carbonyl (C=O) groups excluding carboxylic acids is 1. The molecule has 37 heavy (non-hydrogen) atoms. The lowest BCUT2D eigenvalue weighted by Crippen LogP contribution is -2.44. The number of amides is 1. The smallest absolute Gasteiger partial charge is 0.257 e. The van der Waals surface area contributed by atoms with Crippen LogP contribution in [0.2, 0.25) is 0 Å². The Hall–Kier alpha value is -4.59. The van der Waals surface area contributed by atoms with Crippen molar-refractivity contribution in [2.45, 2.75) is 24.5 Å². The second-order valence-corrected chi connectivity index (χ2v) is 8.35. The van der Waals surface area contributed by atoms with Gasteiger partial charge in [-0.15, -0.1) is 6.58 Å². The molecule has 188 valence electrons. The first-order chi connectivity index (χ1) is 18.1. The predicted octanol–water partition coefficient (Wildman–Crippen LogP) is 5.86. The van der Waals surface area contributed by atoms with Gasteiger partial charge in [0.05, 0.1) is 6.61 Å². The maximum absolute atomic E-state index is 13.9. The summed E-state index contributed by atoms with van der Waals surface area (Å²) in [6, 6.07) is 23.2. The van der Waals surface area contributed by atoms with E-state index >= 15 is 0 Å². The number of rotatable bonds is 11. The fraction of sp³-hybridized carbons (Fsp3) is 0.214. The number of ether oxygens (including phenoxy) is 2. The highest BCUT2D eigenvalue weighted by Gasteiger charge is 2.53. The standard InChI is InChI=1S/C28H27N5O4/c1-2-17-28(27(35)30-21-9-4-3-5-10-21)25(23-11-6-7-12-24(23)32-33-29)37-26(31-28)20-13-15-22(16-14-20)36-19-8-18-34/h2-7,9-16,25,34H,1,8,17-19H2,(H,30,35)/t25-,28-/m1/s1. The molecule has 3 aromatic rings. The summed E-state index contributed by atoms with van der Waals surface area (Å²) in [4.78, 5) is 21.7. The van der Waals surface area contributed by atoms with Crippen LogP contribution >= 0.6 is 0 Å². The fourth-order valence-corrected chi connectivity index (χ4v) is 4.12. The molecule has 4 rings (SSSR count). The molecule has 0 radical (unpaired) electrons. The lowest BCUT2D eigenvalue weighted by Gasteiger charge is -2.30. The van der Waals surface area contributed by atoms with Gasteiger partial charge in [-0.3, -0.25) is 4.79 Å². The Balaban J connectivity index is 1.76. The van der Waals surface area contributed by atoms with E-state index in [0.717, 1.165) is 0 Å². The van der Waals surface area contributed by atoms with Crippen molar-refractivity contribution in [2.24, 2.45) is 10.1 Å². The molecule has 1 aliphatic heterocycles. The highest BCUT2D eigenvalue weighted by Crippen LogP contribution is 2.46. The van der Waals surface area contributed by atoms with Crippen LogP contribution in [0.5, 0.6) is 5.75 Å². The quantitative estimate of drug-likeness (QED) is 0.113. The zero-order valence-corrected chi connectivity index (χ0v) is 20.2. The van der Waals surface area contributed by atoms with Crippen molar-refractivity contribution in [1.82, 2.24) is 0 Å². The lowest BCUT2D eigenvalue weighted by atomic mass is 9.83. The Kier molecular flexibility index (Phi) is 8.20. The van der Waals surface area contributed by atoms with Crippen molar-refractivity contribution >= 4 is 23.2 Å². The molecule has 9 nitrogen and oxygen atoms in total. The van der Waals surface area contributed by atoms with Crippen molar-refractivity contribution < 1.29 is 19.4 Å². The highest BCUT2D eigenvalue weighted by atomic mass is 16.5. The van der Waals surface area contributed by atoms with E-state index in [9.17, 15) is 4.79 Å². The lowest BCUT2D eigenvalue weighted by molar-refractivity contribution is -0.123. The number of hydrogen-bond acceptors (Lipinski definition) is 6. The van der Waals surface area contributed by atoms with Gasteiger partial charge >= 0.3 is 0 Å². The van der Waals surface area contributed by atoms with Crippen LogP contribution in [0.4, 0.5) is 11.4 Å². The number of aliphatic imine (C=N–C) groups is 1. The minimum Gasteiger partial charge on any atom is -0.494 e. The van der Waals surface area contributed by atoms with Gasteiger partial charge in [0, 0.05) is 46.9 Å². The van der Waals surface area contributed by atoms with Crippen LogP contribution in [-0.4, -0.2) is 35.7 Å². The zero-order chi connectivity index (χ0) is 26.1. The molecule has 0 aliphatic carbocycles. The third kappa shape index (κ3) is 5.64. The van der Waals surface area contributed by atoms with E-state index in [1.54, 1.807) is 66.7 Å².